The first-order valence-corrected chi connectivity index (χ1v) is 4.22. The number of carbonyl (C=O) groups excluding carboxylic acids is 1. The number of esters is 1. The number of rotatable bonds is 0. The second kappa shape index (κ2) is 2.48. The molecule has 2 rings (SSSR count). The smallest absolute Gasteiger partial charge is 0.323 e. The standard InChI is InChI=1S/C8H13NO2/c1-6-5-9-4-2-3-7(9)8(10)11-6/h6-7H,2-5H2,1H3. The van der Waals surface area contributed by atoms with Crippen LogP contribution < -0.4 is 0 Å². The number of cyclic esters (lactones) is 1. The molecule has 0 amide bonds. The van der Waals surface area contributed by atoms with Crippen molar-refractivity contribution in [2.45, 2.75) is 31.9 Å². The summed E-state index contributed by atoms with van der Waals surface area (Å²) >= 11 is 0. The third kappa shape index (κ3) is 1.13. The summed E-state index contributed by atoms with van der Waals surface area (Å²) in [6, 6.07) is 0.0891. The second-order valence-corrected chi connectivity index (χ2v) is 3.40. The van der Waals surface area contributed by atoms with Crippen LogP contribution >= 0.6 is 0 Å². The van der Waals surface area contributed by atoms with Gasteiger partial charge in [0.1, 0.15) is 12.1 Å². The predicted octanol–water partition coefficient (Wildman–Crippen LogP) is 0.396. The third-order valence-electron chi connectivity index (χ3n) is 2.44. The number of carbonyl (C=O) groups is 1. The van der Waals surface area contributed by atoms with Crippen LogP contribution in [0.3, 0.4) is 0 Å². The van der Waals surface area contributed by atoms with Gasteiger partial charge in [0, 0.05) is 6.54 Å². The fraction of sp³-hybridized carbons (Fsp3) is 0.875. The van der Waals surface area contributed by atoms with Crippen molar-refractivity contribution < 1.29 is 9.53 Å². The van der Waals surface area contributed by atoms with E-state index < -0.39 is 0 Å². The van der Waals surface area contributed by atoms with Crippen LogP contribution in [0.5, 0.6) is 0 Å². The van der Waals surface area contributed by atoms with Crippen molar-refractivity contribution in [1.82, 2.24) is 4.90 Å². The molecule has 2 saturated heterocycles. The SMILES string of the molecule is CC1CN2CCCC2C(=O)O1. The average molecular weight is 155 g/mol. The van der Waals surface area contributed by atoms with Crippen molar-refractivity contribution in [3.8, 4) is 0 Å². The lowest BCUT2D eigenvalue weighted by Crippen LogP contribution is -2.48. The minimum absolute atomic E-state index is 0.0127. The van der Waals surface area contributed by atoms with Gasteiger partial charge in [-0.3, -0.25) is 9.69 Å². The Bertz CT molecular complexity index is 181. The molecule has 0 bridgehead atoms. The van der Waals surface area contributed by atoms with Gasteiger partial charge in [-0.2, -0.15) is 0 Å². The molecule has 3 nitrogen and oxygen atoms in total. The van der Waals surface area contributed by atoms with Gasteiger partial charge < -0.3 is 4.74 Å². The van der Waals surface area contributed by atoms with Crippen molar-refractivity contribution in [2.24, 2.45) is 0 Å². The lowest BCUT2D eigenvalue weighted by atomic mass is 10.2. The highest BCUT2D eigenvalue weighted by atomic mass is 16.5. The Hall–Kier alpha value is -0.570. The van der Waals surface area contributed by atoms with Gasteiger partial charge in [0.15, 0.2) is 0 Å². The third-order valence-corrected chi connectivity index (χ3v) is 2.44. The molecule has 0 saturated carbocycles. The molecule has 2 atom stereocenters. The molecule has 11 heavy (non-hydrogen) atoms. The van der Waals surface area contributed by atoms with Gasteiger partial charge in [0.05, 0.1) is 0 Å². The Morgan fingerprint density at radius 2 is 2.45 bits per heavy atom. The lowest BCUT2D eigenvalue weighted by Gasteiger charge is -2.32. The van der Waals surface area contributed by atoms with Gasteiger partial charge in [0.2, 0.25) is 0 Å². The van der Waals surface area contributed by atoms with Gasteiger partial charge in [-0.1, -0.05) is 0 Å². The van der Waals surface area contributed by atoms with Crippen molar-refractivity contribution in [3.63, 3.8) is 0 Å². The Morgan fingerprint density at radius 3 is 3.27 bits per heavy atom. The topological polar surface area (TPSA) is 29.5 Å². The first-order chi connectivity index (χ1) is 5.27. The Morgan fingerprint density at radius 1 is 1.64 bits per heavy atom. The zero-order chi connectivity index (χ0) is 7.84. The Balaban J connectivity index is 2.10. The molecule has 0 radical (unpaired) electrons. The lowest BCUT2D eigenvalue weighted by molar-refractivity contribution is -0.162. The van der Waals surface area contributed by atoms with Crippen LogP contribution in [0.1, 0.15) is 19.8 Å². The summed E-state index contributed by atoms with van der Waals surface area (Å²) in [4.78, 5) is 13.5. The van der Waals surface area contributed by atoms with Crippen molar-refractivity contribution >= 4 is 5.97 Å². The zero-order valence-electron chi connectivity index (χ0n) is 6.75. The van der Waals surface area contributed by atoms with Crippen LogP contribution in [0.25, 0.3) is 0 Å². The molecule has 0 spiro atoms. The molecule has 2 aliphatic rings. The predicted molar refractivity (Wildman–Crippen MR) is 40.1 cm³/mol. The molecule has 0 aromatic rings. The highest BCUT2D eigenvalue weighted by Gasteiger charge is 2.37. The fourth-order valence-electron chi connectivity index (χ4n) is 1.96. The number of nitrogens with zero attached hydrogens (tertiary/aromatic N) is 1. The molecule has 2 unspecified atom stereocenters. The summed E-state index contributed by atoms with van der Waals surface area (Å²) in [5.74, 6) is -0.0127. The number of hydrogen-bond donors (Lipinski definition) is 0. The van der Waals surface area contributed by atoms with E-state index in [2.05, 4.69) is 4.90 Å². The molecule has 2 heterocycles. The summed E-state index contributed by atoms with van der Waals surface area (Å²) < 4.78 is 5.12. The van der Waals surface area contributed by atoms with E-state index in [1.807, 2.05) is 6.92 Å². The quantitative estimate of drug-likeness (QED) is 0.474. The first kappa shape index (κ1) is 7.10. The molecule has 2 fully saturated rings. The summed E-state index contributed by atoms with van der Waals surface area (Å²) in [7, 11) is 0. The van der Waals surface area contributed by atoms with Gasteiger partial charge in [-0.05, 0) is 26.3 Å². The largest absolute Gasteiger partial charge is 0.460 e. The number of fused-ring (bicyclic) bond motifs is 1. The van der Waals surface area contributed by atoms with Gasteiger partial charge in [-0.25, -0.2) is 0 Å². The minimum Gasteiger partial charge on any atom is -0.460 e. The van der Waals surface area contributed by atoms with Crippen LogP contribution in [-0.4, -0.2) is 36.1 Å². The zero-order valence-corrected chi connectivity index (χ0v) is 6.75. The van der Waals surface area contributed by atoms with Crippen molar-refractivity contribution in [2.75, 3.05) is 13.1 Å². The van der Waals surface area contributed by atoms with Crippen molar-refractivity contribution in [1.29, 1.82) is 0 Å². The molecule has 0 aromatic carbocycles. The second-order valence-electron chi connectivity index (χ2n) is 3.40. The number of morpholine rings is 1. The van der Waals surface area contributed by atoms with E-state index >= 15 is 0 Å². The number of hydrogen-bond acceptors (Lipinski definition) is 3. The monoisotopic (exact) mass is 155 g/mol. The minimum atomic E-state index is -0.0127. The summed E-state index contributed by atoms with van der Waals surface area (Å²) in [5.41, 5.74) is 0. The van der Waals surface area contributed by atoms with E-state index in [-0.39, 0.29) is 18.1 Å². The summed E-state index contributed by atoms with van der Waals surface area (Å²) in [6.07, 6.45) is 2.23. The molecule has 0 aliphatic carbocycles. The molecule has 2 aliphatic heterocycles. The van der Waals surface area contributed by atoms with E-state index in [0.29, 0.717) is 0 Å². The molecular formula is C8H13NO2. The average Bonchev–Trinajstić information content (AvgIpc) is 2.34. The number of ether oxygens (including phenoxy) is 1. The van der Waals surface area contributed by atoms with Crippen LogP contribution in [0.15, 0.2) is 0 Å². The first-order valence-electron chi connectivity index (χ1n) is 4.22. The van der Waals surface area contributed by atoms with Crippen LogP contribution in [0.2, 0.25) is 0 Å². The maximum Gasteiger partial charge on any atom is 0.323 e. The van der Waals surface area contributed by atoms with Crippen LogP contribution in [0.4, 0.5) is 0 Å². The highest BCUT2D eigenvalue weighted by Crippen LogP contribution is 2.23. The van der Waals surface area contributed by atoms with Gasteiger partial charge in [0.25, 0.3) is 0 Å². The highest BCUT2D eigenvalue weighted by molar-refractivity contribution is 5.77. The van der Waals surface area contributed by atoms with E-state index in [4.69, 9.17) is 4.74 Å². The molecule has 0 aromatic heterocycles. The Kier molecular flexibility index (Phi) is 1.60. The normalized spacial score (nSPS) is 38.5. The maximum absolute atomic E-state index is 11.2. The van der Waals surface area contributed by atoms with Crippen LogP contribution in [-0.2, 0) is 9.53 Å². The molecule has 62 valence electrons. The summed E-state index contributed by atoms with van der Waals surface area (Å²) in [6.45, 7) is 3.95. The Labute approximate surface area is 66.3 Å². The fourth-order valence-corrected chi connectivity index (χ4v) is 1.96. The molecular weight excluding hydrogens is 142 g/mol. The van der Waals surface area contributed by atoms with E-state index in [9.17, 15) is 4.79 Å². The van der Waals surface area contributed by atoms with Crippen LogP contribution in [0, 0.1) is 0 Å². The van der Waals surface area contributed by atoms with E-state index in [1.54, 1.807) is 0 Å². The molecule has 3 heteroatoms. The van der Waals surface area contributed by atoms with Gasteiger partial charge in [-0.15, -0.1) is 0 Å². The maximum atomic E-state index is 11.2. The van der Waals surface area contributed by atoms with Gasteiger partial charge >= 0.3 is 5.97 Å². The summed E-state index contributed by atoms with van der Waals surface area (Å²) in [5, 5.41) is 0. The van der Waals surface area contributed by atoms with E-state index in [0.717, 1.165) is 25.9 Å². The molecule has 0 N–H and O–H groups in total. The van der Waals surface area contributed by atoms with E-state index in [1.165, 1.54) is 0 Å². The van der Waals surface area contributed by atoms with Crippen molar-refractivity contribution in [3.05, 3.63) is 0 Å².